The van der Waals surface area contributed by atoms with Crippen molar-refractivity contribution in [3.8, 4) is 5.75 Å². The van der Waals surface area contributed by atoms with E-state index < -0.39 is 11.6 Å². The van der Waals surface area contributed by atoms with Crippen molar-refractivity contribution in [1.29, 1.82) is 0 Å². The second-order valence-corrected chi connectivity index (χ2v) is 10.7. The molecule has 0 radical (unpaired) electrons. The first-order valence-electron chi connectivity index (χ1n) is 12.1. The fourth-order valence-corrected chi connectivity index (χ4v) is 6.45. The molecule has 2 bridgehead atoms. The lowest BCUT2D eigenvalue weighted by molar-refractivity contribution is 0.0349. The van der Waals surface area contributed by atoms with Gasteiger partial charge in [0.2, 0.25) is 0 Å². The molecule has 0 aromatic heterocycles. The molecule has 2 aliphatic rings. The van der Waals surface area contributed by atoms with Crippen LogP contribution in [0.5, 0.6) is 5.75 Å². The SMILES string of the molecule is Cc1cc(C)cc(SCc2ccc(C(=O)N3[C@H]4CC[C@H]3CC(Oc3ccc(F)cc3F)C4)cc2)c1. The summed E-state index contributed by atoms with van der Waals surface area (Å²) in [7, 11) is 0. The molecule has 3 aromatic carbocycles. The minimum absolute atomic E-state index is 0.0532. The van der Waals surface area contributed by atoms with E-state index in [4.69, 9.17) is 4.74 Å². The van der Waals surface area contributed by atoms with Crippen molar-refractivity contribution < 1.29 is 18.3 Å². The van der Waals surface area contributed by atoms with Gasteiger partial charge in [0.05, 0.1) is 0 Å². The third-order valence-electron chi connectivity index (χ3n) is 6.91. The maximum atomic E-state index is 14.0. The molecule has 5 rings (SSSR count). The molecule has 1 amide bonds. The summed E-state index contributed by atoms with van der Waals surface area (Å²) in [6.07, 6.45) is 2.98. The molecule has 182 valence electrons. The molecule has 0 spiro atoms. The highest BCUT2D eigenvalue weighted by atomic mass is 32.2. The van der Waals surface area contributed by atoms with Gasteiger partial charge in [-0.1, -0.05) is 18.2 Å². The van der Waals surface area contributed by atoms with Crippen LogP contribution in [0.4, 0.5) is 8.78 Å². The third-order valence-corrected chi connectivity index (χ3v) is 7.96. The molecule has 2 saturated heterocycles. The number of hydrogen-bond acceptors (Lipinski definition) is 3. The van der Waals surface area contributed by atoms with Crippen molar-refractivity contribution in [3.63, 3.8) is 0 Å². The Morgan fingerprint density at radius 3 is 2.23 bits per heavy atom. The number of benzene rings is 3. The van der Waals surface area contributed by atoms with Gasteiger partial charge in [0, 0.05) is 47.2 Å². The number of carbonyl (C=O) groups excluding carboxylic acids is 1. The Morgan fingerprint density at radius 2 is 1.60 bits per heavy atom. The van der Waals surface area contributed by atoms with Crippen molar-refractivity contribution in [2.75, 3.05) is 0 Å². The van der Waals surface area contributed by atoms with Crippen LogP contribution < -0.4 is 4.74 Å². The Morgan fingerprint density at radius 1 is 0.943 bits per heavy atom. The predicted octanol–water partition coefficient (Wildman–Crippen LogP) is 7.09. The molecule has 0 saturated carbocycles. The van der Waals surface area contributed by atoms with Gasteiger partial charge in [-0.05, 0) is 79.8 Å². The first kappa shape index (κ1) is 23.9. The molecular weight excluding hydrogens is 464 g/mol. The zero-order valence-corrected chi connectivity index (χ0v) is 20.8. The zero-order valence-electron chi connectivity index (χ0n) is 20.0. The average Bonchev–Trinajstić information content (AvgIpc) is 3.09. The average molecular weight is 494 g/mol. The summed E-state index contributed by atoms with van der Waals surface area (Å²) < 4.78 is 33.1. The van der Waals surface area contributed by atoms with Crippen LogP contribution in [-0.4, -0.2) is 29.0 Å². The Hall–Kier alpha value is -2.86. The van der Waals surface area contributed by atoms with Crippen LogP contribution >= 0.6 is 11.8 Å². The van der Waals surface area contributed by atoms with Crippen LogP contribution in [0.3, 0.4) is 0 Å². The van der Waals surface area contributed by atoms with Crippen molar-refractivity contribution in [2.45, 2.75) is 68.4 Å². The number of nitrogens with zero attached hydrogens (tertiary/aromatic N) is 1. The summed E-state index contributed by atoms with van der Waals surface area (Å²) in [4.78, 5) is 16.6. The van der Waals surface area contributed by atoms with Gasteiger partial charge in [-0.15, -0.1) is 11.8 Å². The van der Waals surface area contributed by atoms with Crippen molar-refractivity contribution >= 4 is 17.7 Å². The fourth-order valence-electron chi connectivity index (χ4n) is 5.38. The lowest BCUT2D eigenvalue weighted by Crippen LogP contribution is -2.49. The van der Waals surface area contributed by atoms with Gasteiger partial charge in [-0.2, -0.15) is 0 Å². The summed E-state index contributed by atoms with van der Waals surface area (Å²) in [6, 6.07) is 18.0. The number of rotatable bonds is 6. The second kappa shape index (κ2) is 10.0. The van der Waals surface area contributed by atoms with E-state index in [9.17, 15) is 13.6 Å². The minimum Gasteiger partial charge on any atom is -0.487 e. The molecule has 2 fully saturated rings. The van der Waals surface area contributed by atoms with E-state index in [1.54, 1.807) is 11.8 Å². The quantitative estimate of drug-likeness (QED) is 0.343. The zero-order chi connectivity index (χ0) is 24.5. The minimum atomic E-state index is -0.688. The van der Waals surface area contributed by atoms with Gasteiger partial charge in [0.15, 0.2) is 11.6 Å². The van der Waals surface area contributed by atoms with E-state index in [-0.39, 0.29) is 29.8 Å². The number of halogens is 2. The van der Waals surface area contributed by atoms with Crippen LogP contribution in [-0.2, 0) is 5.75 Å². The van der Waals surface area contributed by atoms with Crippen molar-refractivity contribution in [1.82, 2.24) is 4.90 Å². The summed E-state index contributed by atoms with van der Waals surface area (Å²) in [6.45, 7) is 4.22. The number of amides is 1. The predicted molar refractivity (Wildman–Crippen MR) is 135 cm³/mol. The van der Waals surface area contributed by atoms with Gasteiger partial charge >= 0.3 is 0 Å². The summed E-state index contributed by atoms with van der Waals surface area (Å²) >= 11 is 1.80. The first-order valence-corrected chi connectivity index (χ1v) is 13.1. The number of thioether (sulfide) groups is 1. The molecule has 3 aromatic rings. The molecule has 35 heavy (non-hydrogen) atoms. The molecule has 0 aliphatic carbocycles. The van der Waals surface area contributed by atoms with Crippen LogP contribution in [0.1, 0.15) is 52.7 Å². The van der Waals surface area contributed by atoms with Gasteiger partial charge in [-0.3, -0.25) is 4.79 Å². The number of ether oxygens (including phenoxy) is 1. The number of aryl methyl sites for hydroxylation is 2. The number of hydrogen-bond donors (Lipinski definition) is 0. The van der Waals surface area contributed by atoms with Gasteiger partial charge in [-0.25, -0.2) is 8.78 Å². The van der Waals surface area contributed by atoms with Crippen LogP contribution in [0.2, 0.25) is 0 Å². The van der Waals surface area contributed by atoms with Gasteiger partial charge < -0.3 is 9.64 Å². The van der Waals surface area contributed by atoms with Crippen LogP contribution in [0.15, 0.2) is 65.6 Å². The highest BCUT2D eigenvalue weighted by Crippen LogP contribution is 2.38. The molecule has 0 unspecified atom stereocenters. The van der Waals surface area contributed by atoms with E-state index in [1.807, 2.05) is 29.2 Å². The monoisotopic (exact) mass is 493 g/mol. The topological polar surface area (TPSA) is 29.5 Å². The second-order valence-electron chi connectivity index (χ2n) is 9.69. The lowest BCUT2D eigenvalue weighted by atomic mass is 9.98. The van der Waals surface area contributed by atoms with Crippen molar-refractivity contribution in [2.24, 2.45) is 0 Å². The summed E-state index contributed by atoms with van der Waals surface area (Å²) in [5.74, 6) is -0.329. The highest BCUT2D eigenvalue weighted by molar-refractivity contribution is 7.98. The number of piperidine rings is 1. The molecule has 3 nitrogen and oxygen atoms in total. The fraction of sp³-hybridized carbons (Fsp3) is 0.345. The Balaban J connectivity index is 1.20. The smallest absolute Gasteiger partial charge is 0.254 e. The maximum absolute atomic E-state index is 14.0. The number of carbonyl (C=O) groups is 1. The van der Waals surface area contributed by atoms with E-state index in [0.717, 1.165) is 24.7 Å². The molecular formula is C29H29F2NO2S. The number of fused-ring (bicyclic) bond motifs is 2. The molecule has 0 N–H and O–H groups in total. The molecule has 2 heterocycles. The van der Waals surface area contributed by atoms with Crippen LogP contribution in [0.25, 0.3) is 0 Å². The Kier molecular flexibility index (Phi) is 6.83. The standard InChI is InChI=1S/C29H29F2NO2S/c1-18-11-19(2)13-26(12-18)35-17-20-3-5-21(6-4-20)29(33)32-23-8-9-24(32)16-25(15-23)34-28-10-7-22(30)14-27(28)31/h3-7,10-14,23-25H,8-9,15-17H2,1-2H3/t23-,24-/m0/s1. The normalized spacial score (nSPS) is 21.3. The van der Waals surface area contributed by atoms with E-state index in [2.05, 4.69) is 32.0 Å². The summed E-state index contributed by atoms with van der Waals surface area (Å²) in [5, 5.41) is 0. The van der Waals surface area contributed by atoms with Crippen LogP contribution in [0, 0.1) is 25.5 Å². The van der Waals surface area contributed by atoms with E-state index in [0.29, 0.717) is 18.4 Å². The third kappa shape index (κ3) is 5.37. The Bertz CT molecular complexity index is 1200. The Labute approximate surface area is 209 Å². The molecule has 2 aliphatic heterocycles. The van der Waals surface area contributed by atoms with Gasteiger partial charge in [0.25, 0.3) is 5.91 Å². The maximum Gasteiger partial charge on any atom is 0.254 e. The summed E-state index contributed by atoms with van der Waals surface area (Å²) in [5.41, 5.74) is 4.41. The molecule has 2 atom stereocenters. The van der Waals surface area contributed by atoms with E-state index >= 15 is 0 Å². The highest BCUT2D eigenvalue weighted by Gasteiger charge is 2.44. The van der Waals surface area contributed by atoms with E-state index in [1.165, 1.54) is 33.7 Å². The largest absolute Gasteiger partial charge is 0.487 e. The van der Waals surface area contributed by atoms with Gasteiger partial charge in [0.1, 0.15) is 11.9 Å². The van der Waals surface area contributed by atoms with Crippen molar-refractivity contribution in [3.05, 3.63) is 94.6 Å². The lowest BCUT2D eigenvalue weighted by Gasteiger charge is -2.39. The first-order chi connectivity index (χ1) is 16.9. The molecule has 6 heteroatoms.